The number of halogens is 2. The van der Waals surface area contributed by atoms with Gasteiger partial charge in [-0.2, -0.15) is 9.50 Å². The van der Waals surface area contributed by atoms with E-state index in [1.54, 1.807) is 36.4 Å². The molecule has 11 heteroatoms. The van der Waals surface area contributed by atoms with Gasteiger partial charge in [0.2, 0.25) is 4.96 Å². The Kier molecular flexibility index (Phi) is 6.17. The molecule has 194 valence electrons. The monoisotopic (exact) mass is 569 g/mol. The van der Waals surface area contributed by atoms with Gasteiger partial charge in [-0.05, 0) is 53.3 Å². The first-order chi connectivity index (χ1) is 18.2. The molecule has 6 rings (SSSR count). The fraction of sp³-hybridized carbons (Fsp3) is 0.259. The molecule has 2 aliphatic rings. The van der Waals surface area contributed by atoms with Crippen LogP contribution in [0.5, 0.6) is 17.2 Å². The van der Waals surface area contributed by atoms with E-state index in [0.717, 1.165) is 5.56 Å². The van der Waals surface area contributed by atoms with E-state index in [4.69, 9.17) is 37.4 Å². The first-order valence-corrected chi connectivity index (χ1v) is 13.4. The molecular formula is C27H21Cl2N3O5S. The Labute approximate surface area is 231 Å². The molecule has 0 N–H and O–H groups in total. The van der Waals surface area contributed by atoms with Crippen LogP contribution in [0.25, 0.3) is 11.0 Å². The van der Waals surface area contributed by atoms with Crippen LogP contribution in [-0.2, 0) is 4.79 Å². The minimum absolute atomic E-state index is 0.0667. The molecule has 1 aliphatic carbocycles. The molecule has 8 nitrogen and oxygen atoms in total. The molecule has 0 radical (unpaired) electrons. The number of hydrogen-bond acceptors (Lipinski definition) is 8. The van der Waals surface area contributed by atoms with Gasteiger partial charge < -0.3 is 14.2 Å². The van der Waals surface area contributed by atoms with Crippen LogP contribution in [0.1, 0.15) is 31.3 Å². The van der Waals surface area contributed by atoms with Gasteiger partial charge in [0.05, 0.1) is 10.5 Å². The molecule has 0 unspecified atom stereocenters. The summed E-state index contributed by atoms with van der Waals surface area (Å²) < 4.78 is 19.2. The lowest BCUT2D eigenvalue weighted by Crippen LogP contribution is -2.26. The Balaban J connectivity index is 1.17. The van der Waals surface area contributed by atoms with Gasteiger partial charge >= 0.3 is 5.97 Å². The first-order valence-electron chi connectivity index (χ1n) is 11.8. The number of allylic oxidation sites excluding steroid dienone is 1. The SMILES string of the molecule is CC1(C)[C@H](C=C(Cl)Cl)[C@H]1C(=O)Oc1ccc(/C=c2/sc3nc([C@@H]4COc5ccccc5O4)nn3c2=O)cc1. The Hall–Kier alpha value is -3.40. The normalized spacial score (nSPS) is 21.8. The summed E-state index contributed by atoms with van der Waals surface area (Å²) in [6, 6.07) is 14.3. The van der Waals surface area contributed by atoms with Gasteiger partial charge in [-0.25, -0.2) is 0 Å². The van der Waals surface area contributed by atoms with Crippen LogP contribution in [0, 0.1) is 17.3 Å². The molecule has 3 atom stereocenters. The zero-order valence-corrected chi connectivity index (χ0v) is 22.6. The van der Waals surface area contributed by atoms with Crippen molar-refractivity contribution < 1.29 is 19.0 Å². The number of fused-ring (bicyclic) bond motifs is 2. The van der Waals surface area contributed by atoms with Crippen molar-refractivity contribution in [1.82, 2.24) is 14.6 Å². The summed E-state index contributed by atoms with van der Waals surface area (Å²) in [6.07, 6.45) is 2.93. The van der Waals surface area contributed by atoms with Crippen LogP contribution in [-0.4, -0.2) is 27.2 Å². The third-order valence-electron chi connectivity index (χ3n) is 6.86. The first kappa shape index (κ1) is 24.9. The molecular weight excluding hydrogens is 549 g/mol. The standard InChI is InChI=1S/C27H21Cl2N3O5S/c1-27(2)16(12-21(28)29)22(27)25(34)36-15-9-7-14(8-10-15)11-20-24(33)32-26(38-20)30-23(31-32)19-13-35-17-5-3-4-6-18(17)37-19/h3-12,16,19,22H,13H2,1-2H3/b20-11+/t16-,19+,22+/m1/s1. The third kappa shape index (κ3) is 4.55. The van der Waals surface area contributed by atoms with E-state index in [2.05, 4.69) is 10.1 Å². The van der Waals surface area contributed by atoms with E-state index in [1.165, 1.54) is 15.9 Å². The Morgan fingerprint density at radius 2 is 1.89 bits per heavy atom. The van der Waals surface area contributed by atoms with E-state index in [1.807, 2.05) is 38.1 Å². The third-order valence-corrected chi connectivity index (χ3v) is 8.07. The predicted octanol–water partition coefficient (Wildman–Crippen LogP) is 4.71. The van der Waals surface area contributed by atoms with Crippen LogP contribution in [0.2, 0.25) is 0 Å². The summed E-state index contributed by atoms with van der Waals surface area (Å²) in [5, 5.41) is 4.38. The molecule has 0 amide bonds. The van der Waals surface area contributed by atoms with Crippen molar-refractivity contribution in [3.05, 3.63) is 85.4 Å². The van der Waals surface area contributed by atoms with Crippen molar-refractivity contribution in [2.45, 2.75) is 20.0 Å². The lowest BCUT2D eigenvalue weighted by molar-refractivity contribution is -0.136. The minimum atomic E-state index is -0.501. The van der Waals surface area contributed by atoms with Crippen molar-refractivity contribution in [2.24, 2.45) is 17.3 Å². The fourth-order valence-corrected chi connectivity index (χ4v) is 5.86. The van der Waals surface area contributed by atoms with Gasteiger partial charge in [-0.15, -0.1) is 5.10 Å². The second-order valence-corrected chi connectivity index (χ2v) is 11.7. The number of nitrogens with zero attached hydrogens (tertiary/aromatic N) is 3. The van der Waals surface area contributed by atoms with Gasteiger partial charge in [0.25, 0.3) is 5.56 Å². The number of ether oxygens (including phenoxy) is 3. The Morgan fingerprint density at radius 3 is 2.61 bits per heavy atom. The second-order valence-electron chi connectivity index (χ2n) is 9.72. The maximum atomic E-state index is 13.0. The molecule has 1 fully saturated rings. The number of hydrogen-bond donors (Lipinski definition) is 0. The number of thiazole rings is 1. The predicted molar refractivity (Wildman–Crippen MR) is 144 cm³/mol. The number of carbonyl (C=O) groups excluding carboxylic acids is 1. The lowest BCUT2D eigenvalue weighted by Gasteiger charge is -2.24. The van der Waals surface area contributed by atoms with Crippen LogP contribution < -0.4 is 24.3 Å². The van der Waals surface area contributed by atoms with Crippen LogP contribution in [0.15, 0.2) is 63.9 Å². The molecule has 4 aromatic rings. The smallest absolute Gasteiger partial charge is 0.315 e. The quantitative estimate of drug-likeness (QED) is 0.254. The van der Waals surface area contributed by atoms with E-state index in [0.29, 0.717) is 32.6 Å². The number of aromatic nitrogens is 3. The van der Waals surface area contributed by atoms with E-state index >= 15 is 0 Å². The van der Waals surface area contributed by atoms with E-state index < -0.39 is 6.10 Å². The van der Waals surface area contributed by atoms with Gasteiger partial charge in [-0.1, -0.05) is 72.7 Å². The van der Waals surface area contributed by atoms with Crippen molar-refractivity contribution >= 4 is 51.5 Å². The fourth-order valence-electron chi connectivity index (χ4n) is 4.67. The highest BCUT2D eigenvalue weighted by Crippen LogP contribution is 2.60. The van der Waals surface area contributed by atoms with E-state index in [-0.39, 0.29) is 39.9 Å². The highest BCUT2D eigenvalue weighted by Gasteiger charge is 2.61. The summed E-state index contributed by atoms with van der Waals surface area (Å²) in [6.45, 7) is 4.20. The highest BCUT2D eigenvalue weighted by molar-refractivity contribution is 7.15. The molecule has 1 aliphatic heterocycles. The van der Waals surface area contributed by atoms with Gasteiger partial charge in [0, 0.05) is 0 Å². The van der Waals surface area contributed by atoms with Gasteiger partial charge in [0.1, 0.15) is 16.8 Å². The molecule has 0 spiro atoms. The molecule has 0 saturated heterocycles. The Morgan fingerprint density at radius 1 is 1.16 bits per heavy atom. The molecule has 2 aromatic heterocycles. The maximum absolute atomic E-state index is 13.0. The zero-order chi connectivity index (χ0) is 26.6. The molecule has 1 saturated carbocycles. The summed E-state index contributed by atoms with van der Waals surface area (Å²) in [5.41, 5.74) is 0.230. The average molecular weight is 570 g/mol. The average Bonchev–Trinajstić information content (AvgIpc) is 3.15. The highest BCUT2D eigenvalue weighted by atomic mass is 35.5. The molecule has 0 bridgehead atoms. The summed E-state index contributed by atoms with van der Waals surface area (Å²) in [7, 11) is 0. The van der Waals surface area contributed by atoms with Crippen LogP contribution >= 0.6 is 34.5 Å². The second kappa shape index (κ2) is 9.41. The lowest BCUT2D eigenvalue weighted by atomic mass is 10.1. The van der Waals surface area contributed by atoms with Crippen LogP contribution in [0.4, 0.5) is 0 Å². The largest absolute Gasteiger partial charge is 0.485 e. The number of benzene rings is 2. The number of para-hydroxylation sites is 2. The minimum Gasteiger partial charge on any atom is -0.485 e. The molecule has 3 heterocycles. The number of esters is 1. The van der Waals surface area contributed by atoms with Crippen molar-refractivity contribution in [1.29, 1.82) is 0 Å². The van der Waals surface area contributed by atoms with Crippen molar-refractivity contribution in [3.8, 4) is 17.2 Å². The zero-order valence-electron chi connectivity index (χ0n) is 20.3. The topological polar surface area (TPSA) is 92.0 Å². The van der Waals surface area contributed by atoms with Gasteiger partial charge in [-0.3, -0.25) is 9.59 Å². The summed E-state index contributed by atoms with van der Waals surface area (Å²) >= 11 is 12.8. The van der Waals surface area contributed by atoms with E-state index in [9.17, 15) is 9.59 Å². The summed E-state index contributed by atoms with van der Waals surface area (Å²) in [5.74, 6) is 1.38. The number of carbonyl (C=O) groups is 1. The van der Waals surface area contributed by atoms with Crippen molar-refractivity contribution in [2.75, 3.05) is 6.61 Å². The number of rotatable bonds is 5. The van der Waals surface area contributed by atoms with Gasteiger partial charge in [0.15, 0.2) is 23.4 Å². The van der Waals surface area contributed by atoms with Crippen LogP contribution in [0.3, 0.4) is 0 Å². The molecule has 38 heavy (non-hydrogen) atoms. The summed E-state index contributed by atoms with van der Waals surface area (Å²) in [4.78, 5) is 30.6. The Bertz CT molecular complexity index is 1690. The molecule has 2 aromatic carbocycles. The van der Waals surface area contributed by atoms with Crippen molar-refractivity contribution in [3.63, 3.8) is 0 Å². The maximum Gasteiger partial charge on any atom is 0.315 e.